The Labute approximate surface area is 214 Å². The third-order valence-corrected chi connectivity index (χ3v) is 6.78. The molecule has 8 nitrogen and oxygen atoms in total. The number of carbonyl (C=O) groups is 1. The summed E-state index contributed by atoms with van der Waals surface area (Å²) in [6.45, 7) is 0.429. The van der Waals surface area contributed by atoms with Crippen molar-refractivity contribution in [2.45, 2.75) is 13.1 Å². The van der Waals surface area contributed by atoms with Crippen molar-refractivity contribution in [2.24, 2.45) is 0 Å². The van der Waals surface area contributed by atoms with Crippen LogP contribution in [0.4, 0.5) is 26.2 Å². The number of benzene rings is 2. The first-order valence-electron chi connectivity index (χ1n) is 11.2. The van der Waals surface area contributed by atoms with Gasteiger partial charge in [-0.3, -0.25) is 4.79 Å². The molecule has 11 heteroatoms. The topological polar surface area (TPSA) is 132 Å². The molecule has 0 unspecified atom stereocenters. The number of hydrogen-bond donors (Lipinski definition) is 4. The smallest absolute Gasteiger partial charge is 0.255 e. The van der Waals surface area contributed by atoms with Gasteiger partial charge >= 0.3 is 0 Å². The molecule has 0 atom stereocenters. The summed E-state index contributed by atoms with van der Waals surface area (Å²) in [5.74, 6) is -1.36. The van der Waals surface area contributed by atoms with Gasteiger partial charge in [0.25, 0.3) is 5.91 Å². The standard InChI is InChI=1S/C26H21F2N7OS/c27-19-5-1-14(9-20(19)28)11-32-26(36)17-4-8-23(29)35-25(17)31-12-16-3-7-22(37-16)15-2-6-21-18(10-15)24(30)34-13-33-21/h1-10,13H,11-12H2,(H,32,36)(H3,29,31,35)(H2,30,33,34). The monoisotopic (exact) mass is 517 g/mol. The number of fused-ring (bicyclic) bond motifs is 1. The lowest BCUT2D eigenvalue weighted by atomic mass is 10.1. The number of nitrogens with zero attached hydrogens (tertiary/aromatic N) is 3. The molecule has 3 heterocycles. The van der Waals surface area contributed by atoms with E-state index in [0.29, 0.717) is 23.7 Å². The van der Waals surface area contributed by atoms with Gasteiger partial charge in [0.05, 0.1) is 17.6 Å². The number of nitrogen functional groups attached to an aromatic ring is 2. The van der Waals surface area contributed by atoms with Gasteiger partial charge in [-0.05, 0) is 59.7 Å². The van der Waals surface area contributed by atoms with E-state index in [0.717, 1.165) is 38.4 Å². The number of aromatic nitrogens is 3. The maximum atomic E-state index is 13.5. The molecule has 0 saturated heterocycles. The zero-order valence-electron chi connectivity index (χ0n) is 19.3. The lowest BCUT2D eigenvalue weighted by molar-refractivity contribution is 0.0951. The summed E-state index contributed by atoms with van der Waals surface area (Å²) in [4.78, 5) is 27.4. The normalized spacial score (nSPS) is 11.0. The molecule has 6 N–H and O–H groups in total. The van der Waals surface area contributed by atoms with Gasteiger partial charge in [0.2, 0.25) is 0 Å². The number of pyridine rings is 1. The summed E-state index contributed by atoms with van der Waals surface area (Å²) in [6, 6.07) is 16.4. The molecule has 5 rings (SSSR count). The van der Waals surface area contributed by atoms with Crippen molar-refractivity contribution in [3.8, 4) is 10.4 Å². The quantitative estimate of drug-likeness (QED) is 0.245. The summed E-state index contributed by atoms with van der Waals surface area (Å²) in [5.41, 5.74) is 14.3. The van der Waals surface area contributed by atoms with Crippen LogP contribution >= 0.6 is 11.3 Å². The molecule has 0 fully saturated rings. The average molecular weight is 518 g/mol. The summed E-state index contributed by atoms with van der Waals surface area (Å²) < 4.78 is 26.6. The number of nitrogens with two attached hydrogens (primary N) is 2. The Balaban J connectivity index is 1.29. The first-order valence-corrected chi connectivity index (χ1v) is 12.0. The van der Waals surface area contributed by atoms with Gasteiger partial charge in [-0.2, -0.15) is 0 Å². The first kappa shape index (κ1) is 24.1. The Kier molecular flexibility index (Phi) is 6.60. The largest absolute Gasteiger partial charge is 0.384 e. The fourth-order valence-corrected chi connectivity index (χ4v) is 4.69. The molecular formula is C26H21F2N7OS. The van der Waals surface area contributed by atoms with Crippen LogP contribution in [-0.2, 0) is 13.1 Å². The van der Waals surface area contributed by atoms with E-state index in [1.54, 1.807) is 17.4 Å². The van der Waals surface area contributed by atoms with Crippen LogP contribution in [-0.4, -0.2) is 20.9 Å². The second-order valence-electron chi connectivity index (χ2n) is 8.17. The minimum atomic E-state index is -0.973. The fourth-order valence-electron chi connectivity index (χ4n) is 3.75. The number of thiophene rings is 1. The highest BCUT2D eigenvalue weighted by atomic mass is 32.1. The number of amides is 1. The summed E-state index contributed by atoms with van der Waals surface area (Å²) in [7, 11) is 0. The third-order valence-electron chi connectivity index (χ3n) is 5.64. The molecule has 186 valence electrons. The van der Waals surface area contributed by atoms with Gasteiger partial charge in [0.1, 0.15) is 23.8 Å². The van der Waals surface area contributed by atoms with Gasteiger partial charge in [0.15, 0.2) is 11.6 Å². The van der Waals surface area contributed by atoms with E-state index < -0.39 is 17.5 Å². The number of halogens is 2. The molecule has 2 aromatic carbocycles. The number of nitrogens with one attached hydrogen (secondary N) is 2. The van der Waals surface area contributed by atoms with E-state index in [-0.39, 0.29) is 17.9 Å². The van der Waals surface area contributed by atoms with Crippen molar-refractivity contribution in [1.82, 2.24) is 20.3 Å². The molecular weight excluding hydrogens is 496 g/mol. The maximum absolute atomic E-state index is 13.5. The van der Waals surface area contributed by atoms with E-state index in [1.807, 2.05) is 30.3 Å². The Morgan fingerprint density at radius 3 is 2.62 bits per heavy atom. The minimum absolute atomic E-state index is 0.0233. The van der Waals surface area contributed by atoms with Crippen LogP contribution in [0, 0.1) is 11.6 Å². The van der Waals surface area contributed by atoms with Crippen LogP contribution in [0.5, 0.6) is 0 Å². The molecule has 5 aromatic rings. The summed E-state index contributed by atoms with van der Waals surface area (Å²) >= 11 is 1.58. The van der Waals surface area contributed by atoms with Crippen molar-refractivity contribution >= 4 is 45.6 Å². The van der Waals surface area contributed by atoms with Crippen molar-refractivity contribution in [1.29, 1.82) is 0 Å². The second-order valence-corrected chi connectivity index (χ2v) is 9.34. The molecule has 1 amide bonds. The SMILES string of the molecule is Nc1ccc(C(=O)NCc2ccc(F)c(F)c2)c(NCc2ccc(-c3ccc4ncnc(N)c4c3)s2)n1. The van der Waals surface area contributed by atoms with E-state index in [2.05, 4.69) is 25.6 Å². The van der Waals surface area contributed by atoms with Crippen molar-refractivity contribution in [3.63, 3.8) is 0 Å². The van der Waals surface area contributed by atoms with Crippen LogP contribution in [0.25, 0.3) is 21.3 Å². The highest BCUT2D eigenvalue weighted by Crippen LogP contribution is 2.31. The van der Waals surface area contributed by atoms with E-state index in [9.17, 15) is 13.6 Å². The van der Waals surface area contributed by atoms with E-state index in [4.69, 9.17) is 11.5 Å². The molecule has 0 aliphatic rings. The van der Waals surface area contributed by atoms with E-state index in [1.165, 1.54) is 18.5 Å². The zero-order valence-corrected chi connectivity index (χ0v) is 20.2. The molecule has 3 aromatic heterocycles. The summed E-state index contributed by atoms with van der Waals surface area (Å²) in [5, 5.41) is 6.66. The van der Waals surface area contributed by atoms with E-state index >= 15 is 0 Å². The lowest BCUT2D eigenvalue weighted by Gasteiger charge is -2.12. The fraction of sp³-hybridized carbons (Fsp3) is 0.0769. The predicted octanol–water partition coefficient (Wildman–Crippen LogP) is 4.74. The highest BCUT2D eigenvalue weighted by Gasteiger charge is 2.15. The molecule has 0 bridgehead atoms. The predicted molar refractivity (Wildman–Crippen MR) is 141 cm³/mol. The van der Waals surface area contributed by atoms with Crippen LogP contribution in [0.3, 0.4) is 0 Å². The zero-order chi connectivity index (χ0) is 25.9. The average Bonchev–Trinajstić information content (AvgIpc) is 3.37. The van der Waals surface area contributed by atoms with Crippen molar-refractivity contribution in [3.05, 3.63) is 94.6 Å². The minimum Gasteiger partial charge on any atom is -0.384 e. The van der Waals surface area contributed by atoms with Gasteiger partial charge in [-0.15, -0.1) is 11.3 Å². The Hall–Kier alpha value is -4.64. The van der Waals surface area contributed by atoms with Crippen molar-refractivity contribution in [2.75, 3.05) is 16.8 Å². The van der Waals surface area contributed by atoms with Crippen LogP contribution < -0.4 is 22.1 Å². The van der Waals surface area contributed by atoms with Gasteiger partial charge in [0, 0.05) is 21.7 Å². The molecule has 0 radical (unpaired) electrons. The molecule has 0 saturated carbocycles. The number of anilines is 3. The Morgan fingerprint density at radius 2 is 1.78 bits per heavy atom. The highest BCUT2D eigenvalue weighted by molar-refractivity contribution is 7.15. The molecule has 0 aliphatic heterocycles. The molecule has 0 aliphatic carbocycles. The van der Waals surface area contributed by atoms with Gasteiger partial charge in [-0.25, -0.2) is 23.7 Å². The van der Waals surface area contributed by atoms with Gasteiger partial charge < -0.3 is 22.1 Å². The van der Waals surface area contributed by atoms with Crippen LogP contribution in [0.1, 0.15) is 20.8 Å². The Morgan fingerprint density at radius 1 is 0.919 bits per heavy atom. The van der Waals surface area contributed by atoms with Crippen LogP contribution in [0.15, 0.2) is 67.0 Å². The molecule has 0 spiro atoms. The maximum Gasteiger partial charge on any atom is 0.255 e. The molecule has 37 heavy (non-hydrogen) atoms. The number of hydrogen-bond acceptors (Lipinski definition) is 8. The Bertz CT molecular complexity index is 1620. The number of carbonyl (C=O) groups excluding carboxylic acids is 1. The lowest BCUT2D eigenvalue weighted by Crippen LogP contribution is -2.24. The van der Waals surface area contributed by atoms with Gasteiger partial charge in [-0.1, -0.05) is 12.1 Å². The van der Waals surface area contributed by atoms with Crippen LogP contribution in [0.2, 0.25) is 0 Å². The first-order chi connectivity index (χ1) is 17.9. The number of rotatable bonds is 7. The second kappa shape index (κ2) is 10.2. The third kappa shape index (κ3) is 5.31. The van der Waals surface area contributed by atoms with Crippen molar-refractivity contribution < 1.29 is 13.6 Å². The summed E-state index contributed by atoms with van der Waals surface area (Å²) in [6.07, 6.45) is 1.44.